The molecule has 4 aliphatic rings. The molecule has 0 radical (unpaired) electrons. The van der Waals surface area contributed by atoms with Crippen LogP contribution in [0, 0.1) is 34.5 Å². The van der Waals surface area contributed by atoms with Gasteiger partial charge in [0.1, 0.15) is 11.9 Å². The van der Waals surface area contributed by atoms with Crippen molar-refractivity contribution in [2.24, 2.45) is 34.5 Å². The fourth-order valence-corrected chi connectivity index (χ4v) is 7.75. The van der Waals surface area contributed by atoms with Gasteiger partial charge in [0, 0.05) is 26.2 Å². The first-order valence-corrected chi connectivity index (χ1v) is 11.4. The molecule has 7 atom stereocenters. The molecule has 4 rings (SSSR count). The third-order valence-electron chi connectivity index (χ3n) is 9.05. The zero-order valence-corrected chi connectivity index (χ0v) is 18.5. The Bertz CT molecular complexity index is 752. The molecule has 4 nitrogen and oxygen atoms in total. The van der Waals surface area contributed by atoms with E-state index in [9.17, 15) is 9.59 Å². The molecule has 0 aromatic heterocycles. The minimum Gasteiger partial charge on any atom is -0.462 e. The summed E-state index contributed by atoms with van der Waals surface area (Å²) >= 11 is 0. The van der Waals surface area contributed by atoms with Gasteiger partial charge in [-0.2, -0.15) is 0 Å². The van der Waals surface area contributed by atoms with E-state index in [0.29, 0.717) is 23.5 Å². The molecule has 3 fully saturated rings. The Labute approximate surface area is 175 Å². The van der Waals surface area contributed by atoms with Crippen LogP contribution in [0.4, 0.5) is 0 Å². The molecule has 0 saturated heterocycles. The van der Waals surface area contributed by atoms with Crippen molar-refractivity contribution in [1.29, 1.82) is 0 Å². The number of carbonyl (C=O) groups excluding carboxylic acids is 2. The van der Waals surface area contributed by atoms with Crippen LogP contribution in [0.15, 0.2) is 24.0 Å². The molecular formula is C25H36O4. The highest BCUT2D eigenvalue weighted by atomic mass is 16.5. The predicted molar refractivity (Wildman–Crippen MR) is 112 cm³/mol. The number of carbonyl (C=O) groups is 2. The van der Waals surface area contributed by atoms with Gasteiger partial charge in [0.15, 0.2) is 0 Å². The van der Waals surface area contributed by atoms with Crippen LogP contribution in [0.2, 0.25) is 0 Å². The van der Waals surface area contributed by atoms with Gasteiger partial charge in [0.25, 0.3) is 0 Å². The smallest absolute Gasteiger partial charge is 0.307 e. The average molecular weight is 401 g/mol. The van der Waals surface area contributed by atoms with Crippen molar-refractivity contribution in [1.82, 2.24) is 0 Å². The molecule has 0 aromatic carbocycles. The Morgan fingerprint density at radius 1 is 1.03 bits per heavy atom. The fraction of sp³-hybridized carbons (Fsp3) is 0.760. The topological polar surface area (TPSA) is 52.6 Å². The second-order valence-electron chi connectivity index (χ2n) is 10.5. The molecule has 0 amide bonds. The van der Waals surface area contributed by atoms with E-state index in [1.165, 1.54) is 38.7 Å². The van der Waals surface area contributed by atoms with Crippen LogP contribution >= 0.6 is 0 Å². The summed E-state index contributed by atoms with van der Waals surface area (Å²) in [6.45, 7) is 12.0. The Morgan fingerprint density at radius 2 is 1.79 bits per heavy atom. The molecule has 4 aliphatic carbocycles. The maximum absolute atomic E-state index is 11.5. The Kier molecular flexibility index (Phi) is 5.19. The van der Waals surface area contributed by atoms with E-state index in [0.717, 1.165) is 32.1 Å². The fourth-order valence-electron chi connectivity index (χ4n) is 7.75. The van der Waals surface area contributed by atoms with Gasteiger partial charge in [-0.05, 0) is 73.5 Å². The first-order valence-electron chi connectivity index (χ1n) is 11.4. The van der Waals surface area contributed by atoms with Crippen LogP contribution < -0.4 is 0 Å². The van der Waals surface area contributed by atoms with Gasteiger partial charge in [-0.3, -0.25) is 9.59 Å². The van der Waals surface area contributed by atoms with Crippen LogP contribution in [0.1, 0.15) is 79.1 Å². The molecule has 160 valence electrons. The lowest BCUT2D eigenvalue weighted by molar-refractivity contribution is -0.149. The predicted octanol–water partition coefficient (Wildman–Crippen LogP) is 5.57. The Balaban J connectivity index is 1.55. The number of hydrogen-bond donors (Lipinski definition) is 0. The zero-order valence-electron chi connectivity index (χ0n) is 18.5. The normalized spacial score (nSPS) is 43.3. The van der Waals surface area contributed by atoms with E-state index in [-0.39, 0.29) is 34.8 Å². The third kappa shape index (κ3) is 3.37. The lowest BCUT2D eigenvalue weighted by atomic mass is 9.47. The Hall–Kier alpha value is -1.58. The first kappa shape index (κ1) is 20.7. The molecule has 0 heterocycles. The summed E-state index contributed by atoms with van der Waals surface area (Å²) in [6.07, 6.45) is 11.4. The van der Waals surface area contributed by atoms with E-state index < -0.39 is 0 Å². The van der Waals surface area contributed by atoms with Gasteiger partial charge in [0.2, 0.25) is 0 Å². The number of esters is 2. The number of hydrogen-bond acceptors (Lipinski definition) is 4. The standard InChI is InChI=1S/C25H36O4/c1-15(28-16(2)26)21-8-9-22-20-7-6-18-14-19(29-17(3)27)10-12-24(18,4)23(20)11-13-25(21,22)5/h6,19-23H,1,7-14H2,2-5H3/t19-,20-,21+,22-,23-,24-,25+/m0/s1. The summed E-state index contributed by atoms with van der Waals surface area (Å²) < 4.78 is 11.0. The van der Waals surface area contributed by atoms with Gasteiger partial charge in [-0.1, -0.05) is 32.1 Å². The molecule has 29 heavy (non-hydrogen) atoms. The summed E-state index contributed by atoms with van der Waals surface area (Å²) in [5, 5.41) is 0. The van der Waals surface area contributed by atoms with E-state index in [4.69, 9.17) is 9.47 Å². The largest absolute Gasteiger partial charge is 0.462 e. The molecule has 0 N–H and O–H groups in total. The lowest BCUT2D eigenvalue weighted by Gasteiger charge is -2.58. The van der Waals surface area contributed by atoms with Crippen LogP contribution in [-0.4, -0.2) is 18.0 Å². The number of rotatable bonds is 3. The highest BCUT2D eigenvalue weighted by Crippen LogP contribution is 2.67. The van der Waals surface area contributed by atoms with E-state index >= 15 is 0 Å². The molecule has 0 bridgehead atoms. The second kappa shape index (κ2) is 7.28. The highest BCUT2D eigenvalue weighted by Gasteiger charge is 2.59. The van der Waals surface area contributed by atoms with Crippen molar-refractivity contribution in [2.45, 2.75) is 85.2 Å². The molecular weight excluding hydrogens is 364 g/mol. The molecule has 0 unspecified atom stereocenters. The maximum atomic E-state index is 11.5. The first-order chi connectivity index (χ1) is 13.6. The van der Waals surface area contributed by atoms with Crippen molar-refractivity contribution in [2.75, 3.05) is 0 Å². The maximum Gasteiger partial charge on any atom is 0.307 e. The second-order valence-corrected chi connectivity index (χ2v) is 10.5. The number of ether oxygens (including phenoxy) is 2. The van der Waals surface area contributed by atoms with Crippen molar-refractivity contribution in [3.8, 4) is 0 Å². The van der Waals surface area contributed by atoms with Crippen molar-refractivity contribution < 1.29 is 19.1 Å². The quantitative estimate of drug-likeness (QED) is 0.353. The van der Waals surface area contributed by atoms with E-state index in [2.05, 4.69) is 26.5 Å². The average Bonchev–Trinajstić information content (AvgIpc) is 2.98. The third-order valence-corrected chi connectivity index (χ3v) is 9.05. The Morgan fingerprint density at radius 3 is 2.48 bits per heavy atom. The highest BCUT2D eigenvalue weighted by molar-refractivity contribution is 5.67. The van der Waals surface area contributed by atoms with Crippen LogP contribution in [0.5, 0.6) is 0 Å². The molecule has 4 heteroatoms. The van der Waals surface area contributed by atoms with Gasteiger partial charge < -0.3 is 9.47 Å². The van der Waals surface area contributed by atoms with E-state index in [1.807, 2.05) is 0 Å². The van der Waals surface area contributed by atoms with Gasteiger partial charge >= 0.3 is 11.9 Å². The summed E-state index contributed by atoms with van der Waals surface area (Å²) in [5.74, 6) is 2.63. The summed E-state index contributed by atoms with van der Waals surface area (Å²) in [4.78, 5) is 22.9. The van der Waals surface area contributed by atoms with E-state index in [1.54, 1.807) is 0 Å². The van der Waals surface area contributed by atoms with Crippen molar-refractivity contribution in [3.63, 3.8) is 0 Å². The molecule has 0 aromatic rings. The number of fused-ring (bicyclic) bond motifs is 5. The zero-order chi connectivity index (χ0) is 21.0. The summed E-state index contributed by atoms with van der Waals surface area (Å²) in [5.41, 5.74) is 1.95. The minimum atomic E-state index is -0.252. The van der Waals surface area contributed by atoms with Gasteiger partial charge in [0.05, 0.1) is 0 Å². The SMILES string of the molecule is C=C(OC(C)=O)[C@H]1CC[C@H]2[C@@H]3CC=C4C[C@@H](OC(C)=O)CC[C@]4(C)[C@H]3CC[C@]12C. The molecule has 0 spiro atoms. The van der Waals surface area contributed by atoms with Crippen LogP contribution in [0.25, 0.3) is 0 Å². The van der Waals surface area contributed by atoms with Gasteiger partial charge in [-0.15, -0.1) is 0 Å². The number of allylic oxidation sites excluding steroid dienone is 2. The monoisotopic (exact) mass is 400 g/mol. The summed E-state index contributed by atoms with van der Waals surface area (Å²) in [6, 6.07) is 0. The van der Waals surface area contributed by atoms with Crippen LogP contribution in [-0.2, 0) is 19.1 Å². The van der Waals surface area contributed by atoms with Crippen LogP contribution in [0.3, 0.4) is 0 Å². The minimum absolute atomic E-state index is 0.0557. The lowest BCUT2D eigenvalue weighted by Crippen LogP contribution is -2.50. The summed E-state index contributed by atoms with van der Waals surface area (Å²) in [7, 11) is 0. The van der Waals surface area contributed by atoms with Gasteiger partial charge in [-0.25, -0.2) is 0 Å². The van der Waals surface area contributed by atoms with Crippen molar-refractivity contribution >= 4 is 11.9 Å². The molecule has 0 aliphatic heterocycles. The van der Waals surface area contributed by atoms with Crippen molar-refractivity contribution in [3.05, 3.63) is 24.0 Å². The molecule has 3 saturated carbocycles.